The molecule has 2 heterocycles. The van der Waals surface area contributed by atoms with E-state index in [-0.39, 0.29) is 5.41 Å². The summed E-state index contributed by atoms with van der Waals surface area (Å²) in [4.78, 5) is 15.5. The molecular formula is C22H30N6O. The molecule has 2 fully saturated rings. The van der Waals surface area contributed by atoms with Gasteiger partial charge in [0.1, 0.15) is 5.75 Å². The summed E-state index contributed by atoms with van der Waals surface area (Å²) in [5.74, 6) is 2.61. The van der Waals surface area contributed by atoms with Crippen molar-refractivity contribution in [3.63, 3.8) is 0 Å². The zero-order chi connectivity index (χ0) is 20.3. The van der Waals surface area contributed by atoms with Gasteiger partial charge >= 0.3 is 0 Å². The van der Waals surface area contributed by atoms with Crippen LogP contribution in [0.5, 0.6) is 5.75 Å². The molecule has 2 aliphatic rings. The number of anilines is 1. The molecule has 1 aliphatic carbocycles. The van der Waals surface area contributed by atoms with E-state index in [2.05, 4.69) is 49.6 Å². The van der Waals surface area contributed by atoms with Crippen LogP contribution in [0.25, 0.3) is 0 Å². The minimum Gasteiger partial charge on any atom is -0.496 e. The zero-order valence-corrected chi connectivity index (χ0v) is 17.4. The fourth-order valence-corrected chi connectivity index (χ4v) is 4.25. The second kappa shape index (κ2) is 8.27. The molecule has 2 aromatic rings. The van der Waals surface area contributed by atoms with Crippen molar-refractivity contribution < 1.29 is 4.74 Å². The molecule has 1 saturated carbocycles. The van der Waals surface area contributed by atoms with Crippen molar-refractivity contribution in [1.29, 1.82) is 0 Å². The fourth-order valence-electron chi connectivity index (χ4n) is 4.25. The first-order valence-corrected chi connectivity index (χ1v) is 10.3. The second-order valence-electron chi connectivity index (χ2n) is 8.07. The van der Waals surface area contributed by atoms with Gasteiger partial charge in [0.05, 0.1) is 7.11 Å². The van der Waals surface area contributed by atoms with E-state index >= 15 is 0 Å². The van der Waals surface area contributed by atoms with Gasteiger partial charge in [-0.1, -0.05) is 25.1 Å². The molecule has 1 aliphatic heterocycles. The average Bonchev–Trinajstić information content (AvgIpc) is 3.44. The Kier molecular flexibility index (Phi) is 5.56. The smallest absolute Gasteiger partial charge is 0.225 e. The molecule has 7 heteroatoms. The van der Waals surface area contributed by atoms with Crippen LogP contribution in [-0.4, -0.2) is 55.3 Å². The van der Waals surface area contributed by atoms with Gasteiger partial charge in [-0.25, -0.2) is 9.97 Å². The monoisotopic (exact) mass is 394 g/mol. The summed E-state index contributed by atoms with van der Waals surface area (Å²) in [5.41, 5.74) is 1.31. The summed E-state index contributed by atoms with van der Waals surface area (Å²) in [7, 11) is 3.57. The van der Waals surface area contributed by atoms with Crippen molar-refractivity contribution in [2.24, 2.45) is 4.99 Å². The van der Waals surface area contributed by atoms with Crippen molar-refractivity contribution in [2.75, 3.05) is 32.1 Å². The number of ether oxygens (including phenoxy) is 1. The highest BCUT2D eigenvalue weighted by molar-refractivity contribution is 5.81. The van der Waals surface area contributed by atoms with Gasteiger partial charge in [0.15, 0.2) is 5.96 Å². The number of methoxy groups -OCH3 is 1. The highest BCUT2D eigenvalue weighted by Crippen LogP contribution is 2.50. The van der Waals surface area contributed by atoms with Crippen LogP contribution in [0.1, 0.15) is 31.7 Å². The molecule has 4 rings (SSSR count). The van der Waals surface area contributed by atoms with Crippen LogP contribution in [-0.2, 0) is 5.41 Å². The Bertz CT molecular complexity index is 857. The van der Waals surface area contributed by atoms with Crippen molar-refractivity contribution in [2.45, 2.75) is 43.7 Å². The highest BCUT2D eigenvalue weighted by Gasteiger charge is 2.53. The highest BCUT2D eigenvalue weighted by atomic mass is 16.5. The molecule has 2 N–H and O–H groups in total. The predicted octanol–water partition coefficient (Wildman–Crippen LogP) is 2.35. The SMILES string of the molecule is CN=C(NC1CCCN(c2ncccn2)C1)NC1CC1(C)c1ccccc1OC. The molecule has 7 nitrogen and oxygen atoms in total. The van der Waals surface area contributed by atoms with Crippen LogP contribution in [0.4, 0.5) is 5.95 Å². The minimum absolute atomic E-state index is 0.0563. The summed E-state index contributed by atoms with van der Waals surface area (Å²) in [6.45, 7) is 4.15. The number of aliphatic imine (C=N–C) groups is 1. The van der Waals surface area contributed by atoms with Crippen LogP contribution in [0.3, 0.4) is 0 Å². The van der Waals surface area contributed by atoms with Gasteiger partial charge in [0, 0.05) is 55.6 Å². The van der Waals surface area contributed by atoms with E-state index in [1.54, 1.807) is 19.5 Å². The van der Waals surface area contributed by atoms with Gasteiger partial charge < -0.3 is 20.3 Å². The third-order valence-corrected chi connectivity index (χ3v) is 6.09. The Morgan fingerprint density at radius 1 is 1.21 bits per heavy atom. The molecule has 3 atom stereocenters. The number of hydrogen-bond donors (Lipinski definition) is 2. The summed E-state index contributed by atoms with van der Waals surface area (Å²) in [6, 6.07) is 10.8. The Balaban J connectivity index is 1.37. The largest absolute Gasteiger partial charge is 0.496 e. The Morgan fingerprint density at radius 3 is 2.76 bits per heavy atom. The van der Waals surface area contributed by atoms with Gasteiger partial charge in [0.2, 0.25) is 5.95 Å². The molecular weight excluding hydrogens is 364 g/mol. The molecule has 1 aromatic heterocycles. The van der Waals surface area contributed by atoms with Gasteiger partial charge in [0.25, 0.3) is 0 Å². The van der Waals surface area contributed by atoms with Crippen LogP contribution in [0.2, 0.25) is 0 Å². The lowest BCUT2D eigenvalue weighted by atomic mass is 9.96. The number of nitrogens with zero attached hydrogens (tertiary/aromatic N) is 4. The van der Waals surface area contributed by atoms with Gasteiger partial charge in [-0.3, -0.25) is 4.99 Å². The van der Waals surface area contributed by atoms with Gasteiger partial charge in [-0.05, 0) is 31.4 Å². The molecule has 0 spiro atoms. The molecule has 154 valence electrons. The summed E-state index contributed by atoms with van der Waals surface area (Å²) in [5, 5.41) is 7.22. The molecule has 1 saturated heterocycles. The Hall–Kier alpha value is -2.83. The molecule has 1 aromatic carbocycles. The Morgan fingerprint density at radius 2 is 2.00 bits per heavy atom. The summed E-state index contributed by atoms with van der Waals surface area (Å²) < 4.78 is 5.58. The molecule has 3 unspecified atom stereocenters. The first-order chi connectivity index (χ1) is 14.1. The van der Waals surface area contributed by atoms with Gasteiger partial charge in [-0.2, -0.15) is 0 Å². The fraction of sp³-hybridized carbons (Fsp3) is 0.500. The van der Waals surface area contributed by atoms with Crippen LogP contribution in [0.15, 0.2) is 47.7 Å². The molecule has 0 bridgehead atoms. The summed E-state index contributed by atoms with van der Waals surface area (Å²) >= 11 is 0. The number of guanidine groups is 1. The van der Waals surface area contributed by atoms with E-state index in [1.807, 2.05) is 25.2 Å². The number of piperidine rings is 1. The van der Waals surface area contributed by atoms with Crippen LogP contribution >= 0.6 is 0 Å². The lowest BCUT2D eigenvalue weighted by molar-refractivity contribution is 0.404. The van der Waals surface area contributed by atoms with E-state index in [0.717, 1.165) is 50.0 Å². The summed E-state index contributed by atoms with van der Waals surface area (Å²) in [6.07, 6.45) is 6.87. The number of aromatic nitrogens is 2. The maximum absolute atomic E-state index is 5.58. The van der Waals surface area contributed by atoms with Crippen LogP contribution < -0.4 is 20.3 Å². The number of rotatable bonds is 5. The van der Waals surface area contributed by atoms with E-state index in [4.69, 9.17) is 4.74 Å². The van der Waals surface area contributed by atoms with Crippen molar-refractivity contribution in [3.05, 3.63) is 48.3 Å². The minimum atomic E-state index is 0.0563. The molecule has 0 radical (unpaired) electrons. The first-order valence-electron chi connectivity index (χ1n) is 10.3. The van der Waals surface area contributed by atoms with Crippen molar-refractivity contribution in [3.8, 4) is 5.75 Å². The number of nitrogens with one attached hydrogen (secondary N) is 2. The van der Waals surface area contributed by atoms with E-state index in [0.29, 0.717) is 12.1 Å². The number of para-hydroxylation sites is 1. The normalized spacial score (nSPS) is 26.7. The zero-order valence-electron chi connectivity index (χ0n) is 17.4. The molecule has 0 amide bonds. The first kappa shape index (κ1) is 19.5. The third kappa shape index (κ3) is 4.13. The van der Waals surface area contributed by atoms with Crippen molar-refractivity contribution in [1.82, 2.24) is 20.6 Å². The third-order valence-electron chi connectivity index (χ3n) is 6.09. The maximum Gasteiger partial charge on any atom is 0.225 e. The lowest BCUT2D eigenvalue weighted by Gasteiger charge is -2.34. The van der Waals surface area contributed by atoms with E-state index in [1.165, 1.54) is 5.56 Å². The molecule has 29 heavy (non-hydrogen) atoms. The predicted molar refractivity (Wildman–Crippen MR) is 116 cm³/mol. The number of hydrogen-bond acceptors (Lipinski definition) is 5. The topological polar surface area (TPSA) is 74.7 Å². The maximum atomic E-state index is 5.58. The van der Waals surface area contributed by atoms with E-state index < -0.39 is 0 Å². The number of benzene rings is 1. The van der Waals surface area contributed by atoms with Gasteiger partial charge in [-0.15, -0.1) is 0 Å². The Labute approximate surface area is 172 Å². The quantitative estimate of drug-likeness (QED) is 0.599. The standard InChI is InChI=1S/C22H30N6O/c1-22(17-9-4-5-10-18(17)29-3)14-19(22)27-20(23-2)26-16-8-6-13-28(15-16)21-24-11-7-12-25-21/h4-5,7,9-12,16,19H,6,8,13-15H2,1-3H3,(H2,23,26,27). The second-order valence-corrected chi connectivity index (χ2v) is 8.07. The van der Waals surface area contributed by atoms with Crippen LogP contribution in [0, 0.1) is 0 Å². The van der Waals surface area contributed by atoms with Crippen molar-refractivity contribution >= 4 is 11.9 Å². The average molecular weight is 395 g/mol. The lowest BCUT2D eigenvalue weighted by Crippen LogP contribution is -2.52. The van der Waals surface area contributed by atoms with E-state index in [9.17, 15) is 0 Å².